The average Bonchev–Trinajstić information content (AvgIpc) is 2.39. The molecule has 1 aromatic carbocycles. The third kappa shape index (κ3) is 3.47. The SMILES string of the molecule is Cc1ccc(C(=O)N(C)CC2CCCCN2)c(O)c1. The molecule has 1 amide bonds. The fourth-order valence-electron chi connectivity index (χ4n) is 2.52. The zero-order valence-corrected chi connectivity index (χ0v) is 11.6. The van der Waals surface area contributed by atoms with Crippen LogP contribution in [0.5, 0.6) is 5.75 Å². The Morgan fingerprint density at radius 1 is 1.47 bits per heavy atom. The summed E-state index contributed by atoms with van der Waals surface area (Å²) in [5.41, 5.74) is 1.33. The first-order valence-electron chi connectivity index (χ1n) is 6.86. The molecule has 2 N–H and O–H groups in total. The Hall–Kier alpha value is -1.55. The number of carbonyl (C=O) groups excluding carboxylic acids is 1. The van der Waals surface area contributed by atoms with Crippen LogP contribution in [0.25, 0.3) is 0 Å². The van der Waals surface area contributed by atoms with Crippen molar-refractivity contribution in [3.05, 3.63) is 29.3 Å². The molecule has 4 heteroatoms. The quantitative estimate of drug-likeness (QED) is 0.875. The molecule has 0 spiro atoms. The van der Waals surface area contributed by atoms with Gasteiger partial charge in [0.05, 0.1) is 5.56 Å². The third-order valence-electron chi connectivity index (χ3n) is 3.64. The number of nitrogens with one attached hydrogen (secondary N) is 1. The maximum Gasteiger partial charge on any atom is 0.257 e. The summed E-state index contributed by atoms with van der Waals surface area (Å²) in [4.78, 5) is 14.0. The molecule has 1 aliphatic heterocycles. The second-order valence-corrected chi connectivity index (χ2v) is 5.35. The monoisotopic (exact) mass is 262 g/mol. The number of hydrogen-bond acceptors (Lipinski definition) is 3. The molecule has 0 aromatic heterocycles. The van der Waals surface area contributed by atoms with Gasteiger partial charge in [-0.25, -0.2) is 0 Å². The van der Waals surface area contributed by atoms with Crippen LogP contribution in [0.2, 0.25) is 0 Å². The highest BCUT2D eigenvalue weighted by molar-refractivity contribution is 5.96. The predicted octanol–water partition coefficient (Wildman–Crippen LogP) is 1.91. The van der Waals surface area contributed by atoms with Gasteiger partial charge in [0, 0.05) is 19.6 Å². The van der Waals surface area contributed by atoms with Gasteiger partial charge in [0.2, 0.25) is 0 Å². The molecule has 2 rings (SSSR count). The van der Waals surface area contributed by atoms with Crippen molar-refractivity contribution in [3.8, 4) is 5.75 Å². The molecule has 1 aromatic rings. The van der Waals surface area contributed by atoms with Gasteiger partial charge in [-0.3, -0.25) is 4.79 Å². The lowest BCUT2D eigenvalue weighted by Crippen LogP contribution is -2.44. The average molecular weight is 262 g/mol. The van der Waals surface area contributed by atoms with E-state index in [1.54, 1.807) is 24.1 Å². The van der Waals surface area contributed by atoms with Crippen LogP contribution >= 0.6 is 0 Å². The van der Waals surface area contributed by atoms with Crippen LogP contribution in [0.3, 0.4) is 0 Å². The number of hydrogen-bond donors (Lipinski definition) is 2. The van der Waals surface area contributed by atoms with Gasteiger partial charge in [-0.2, -0.15) is 0 Å². The summed E-state index contributed by atoms with van der Waals surface area (Å²) < 4.78 is 0. The number of carbonyl (C=O) groups is 1. The molecule has 1 unspecified atom stereocenters. The molecule has 0 bridgehead atoms. The molecule has 1 saturated heterocycles. The van der Waals surface area contributed by atoms with Crippen molar-refractivity contribution < 1.29 is 9.90 Å². The molecular formula is C15H22N2O2. The van der Waals surface area contributed by atoms with E-state index >= 15 is 0 Å². The van der Waals surface area contributed by atoms with E-state index < -0.39 is 0 Å². The van der Waals surface area contributed by atoms with E-state index in [0.717, 1.165) is 18.5 Å². The number of phenols is 1. The first-order chi connectivity index (χ1) is 9.08. The van der Waals surface area contributed by atoms with Crippen LogP contribution in [-0.2, 0) is 0 Å². The van der Waals surface area contributed by atoms with Crippen molar-refractivity contribution >= 4 is 5.91 Å². The molecule has 1 fully saturated rings. The second kappa shape index (κ2) is 6.06. The van der Waals surface area contributed by atoms with Crippen LogP contribution in [-0.4, -0.2) is 42.1 Å². The maximum absolute atomic E-state index is 12.3. The van der Waals surface area contributed by atoms with Crippen molar-refractivity contribution in [1.29, 1.82) is 0 Å². The minimum atomic E-state index is -0.120. The molecule has 4 nitrogen and oxygen atoms in total. The molecule has 0 saturated carbocycles. The van der Waals surface area contributed by atoms with Crippen molar-refractivity contribution in [1.82, 2.24) is 10.2 Å². The van der Waals surface area contributed by atoms with Gasteiger partial charge in [-0.1, -0.05) is 12.5 Å². The summed E-state index contributed by atoms with van der Waals surface area (Å²) in [5, 5.41) is 13.3. The fraction of sp³-hybridized carbons (Fsp3) is 0.533. The van der Waals surface area contributed by atoms with E-state index in [0.29, 0.717) is 18.2 Å². The summed E-state index contributed by atoms with van der Waals surface area (Å²) in [5.74, 6) is -0.0571. The second-order valence-electron chi connectivity index (χ2n) is 5.35. The minimum absolute atomic E-state index is 0.0634. The number of benzene rings is 1. The van der Waals surface area contributed by atoms with Crippen molar-refractivity contribution in [2.45, 2.75) is 32.2 Å². The van der Waals surface area contributed by atoms with E-state index in [4.69, 9.17) is 0 Å². The van der Waals surface area contributed by atoms with Crippen LogP contribution in [0.1, 0.15) is 35.2 Å². The Morgan fingerprint density at radius 2 is 2.26 bits per heavy atom. The van der Waals surface area contributed by atoms with Crippen LogP contribution in [0, 0.1) is 6.92 Å². The molecule has 0 aliphatic carbocycles. The zero-order valence-electron chi connectivity index (χ0n) is 11.6. The number of piperidine rings is 1. The van der Waals surface area contributed by atoms with Crippen molar-refractivity contribution in [3.63, 3.8) is 0 Å². The molecule has 104 valence electrons. The topological polar surface area (TPSA) is 52.6 Å². The van der Waals surface area contributed by atoms with Gasteiger partial charge in [0.15, 0.2) is 0 Å². The largest absolute Gasteiger partial charge is 0.507 e. The normalized spacial score (nSPS) is 19.2. The standard InChI is InChI=1S/C15H22N2O2/c1-11-6-7-13(14(18)9-11)15(19)17(2)10-12-5-3-4-8-16-12/h6-7,9,12,16,18H,3-5,8,10H2,1-2H3. The summed E-state index contributed by atoms with van der Waals surface area (Å²) in [7, 11) is 1.79. The molecule has 1 atom stereocenters. The number of nitrogens with zero attached hydrogens (tertiary/aromatic N) is 1. The fourth-order valence-corrected chi connectivity index (χ4v) is 2.52. The first-order valence-corrected chi connectivity index (χ1v) is 6.86. The number of rotatable bonds is 3. The summed E-state index contributed by atoms with van der Waals surface area (Å²) >= 11 is 0. The lowest BCUT2D eigenvalue weighted by molar-refractivity contribution is 0.0772. The maximum atomic E-state index is 12.3. The van der Waals surface area contributed by atoms with Gasteiger partial charge in [0.25, 0.3) is 5.91 Å². The number of phenolic OH excluding ortho intramolecular Hbond substituents is 1. The van der Waals surface area contributed by atoms with E-state index in [-0.39, 0.29) is 11.7 Å². The highest BCUT2D eigenvalue weighted by Crippen LogP contribution is 2.20. The number of aromatic hydroxyl groups is 1. The number of amides is 1. The lowest BCUT2D eigenvalue weighted by Gasteiger charge is -2.28. The molecule has 19 heavy (non-hydrogen) atoms. The van der Waals surface area contributed by atoms with E-state index in [1.807, 2.05) is 13.0 Å². The molecule has 1 heterocycles. The van der Waals surface area contributed by atoms with Gasteiger partial charge in [0.1, 0.15) is 5.75 Å². The predicted molar refractivity (Wildman–Crippen MR) is 75.4 cm³/mol. The van der Waals surface area contributed by atoms with Crippen LogP contribution in [0.4, 0.5) is 0 Å². The number of aryl methyl sites for hydroxylation is 1. The Bertz CT molecular complexity index is 453. The highest BCUT2D eigenvalue weighted by atomic mass is 16.3. The van der Waals surface area contributed by atoms with Crippen LogP contribution < -0.4 is 5.32 Å². The Labute approximate surface area is 114 Å². The van der Waals surface area contributed by atoms with Gasteiger partial charge in [-0.15, -0.1) is 0 Å². The van der Waals surface area contributed by atoms with E-state index in [2.05, 4.69) is 5.32 Å². The van der Waals surface area contributed by atoms with E-state index in [1.165, 1.54) is 12.8 Å². The van der Waals surface area contributed by atoms with Crippen molar-refractivity contribution in [2.24, 2.45) is 0 Å². The minimum Gasteiger partial charge on any atom is -0.507 e. The Balaban J connectivity index is 2.01. The summed E-state index contributed by atoms with van der Waals surface area (Å²) in [6, 6.07) is 5.53. The van der Waals surface area contributed by atoms with Gasteiger partial charge >= 0.3 is 0 Å². The Kier molecular flexibility index (Phi) is 4.43. The van der Waals surface area contributed by atoms with Crippen molar-refractivity contribution in [2.75, 3.05) is 20.1 Å². The lowest BCUT2D eigenvalue weighted by atomic mass is 10.0. The molecule has 1 aliphatic rings. The van der Waals surface area contributed by atoms with Crippen LogP contribution in [0.15, 0.2) is 18.2 Å². The molecule has 0 radical (unpaired) electrons. The highest BCUT2D eigenvalue weighted by Gasteiger charge is 2.20. The Morgan fingerprint density at radius 3 is 2.89 bits per heavy atom. The smallest absolute Gasteiger partial charge is 0.257 e. The molecular weight excluding hydrogens is 240 g/mol. The van der Waals surface area contributed by atoms with E-state index in [9.17, 15) is 9.90 Å². The third-order valence-corrected chi connectivity index (χ3v) is 3.64. The van der Waals surface area contributed by atoms with Gasteiger partial charge in [-0.05, 0) is 44.0 Å². The zero-order chi connectivity index (χ0) is 13.8. The number of likely N-dealkylation sites (N-methyl/N-ethyl adjacent to an activating group) is 1. The first kappa shape index (κ1) is 13.9. The summed E-state index contributed by atoms with van der Waals surface area (Å²) in [6.07, 6.45) is 3.54. The van der Waals surface area contributed by atoms with Gasteiger partial charge < -0.3 is 15.3 Å². The summed E-state index contributed by atoms with van der Waals surface area (Å²) in [6.45, 7) is 3.61.